The van der Waals surface area contributed by atoms with Crippen molar-refractivity contribution in [3.05, 3.63) is 46.5 Å². The first kappa shape index (κ1) is 21.4. The summed E-state index contributed by atoms with van der Waals surface area (Å²) in [6.07, 6.45) is -1.04. The van der Waals surface area contributed by atoms with Gasteiger partial charge in [-0.05, 0) is 43.7 Å². The van der Waals surface area contributed by atoms with E-state index in [1.165, 1.54) is 40.4 Å². The Hall–Kier alpha value is -2.93. The fourth-order valence-electron chi connectivity index (χ4n) is 2.44. The molecular weight excluding hydrogens is 386 g/mol. The van der Waals surface area contributed by atoms with E-state index >= 15 is 0 Å². The third kappa shape index (κ3) is 4.86. The SMILES string of the molecule is COc1cc(C(=O)O[C@@H](C)C(=O)Nc2cc(Cl)ccc2C)cc(OC)c1OC. The van der Waals surface area contributed by atoms with Crippen LogP contribution in [0.4, 0.5) is 5.69 Å². The quantitative estimate of drug-likeness (QED) is 0.702. The molecule has 2 aromatic carbocycles. The van der Waals surface area contributed by atoms with Gasteiger partial charge in [0, 0.05) is 10.7 Å². The Morgan fingerprint density at radius 2 is 1.61 bits per heavy atom. The van der Waals surface area contributed by atoms with Crippen LogP contribution in [0.3, 0.4) is 0 Å². The molecule has 1 N–H and O–H groups in total. The molecule has 2 rings (SSSR count). The number of carbonyl (C=O) groups excluding carboxylic acids is 2. The summed E-state index contributed by atoms with van der Waals surface area (Å²) < 4.78 is 20.9. The molecule has 8 heteroatoms. The normalized spacial score (nSPS) is 11.4. The highest BCUT2D eigenvalue weighted by Crippen LogP contribution is 2.38. The molecule has 0 radical (unpaired) electrons. The summed E-state index contributed by atoms with van der Waals surface area (Å²) in [7, 11) is 4.34. The molecule has 28 heavy (non-hydrogen) atoms. The highest BCUT2D eigenvalue weighted by atomic mass is 35.5. The van der Waals surface area contributed by atoms with Crippen molar-refractivity contribution >= 4 is 29.2 Å². The molecule has 0 aliphatic heterocycles. The van der Waals surface area contributed by atoms with Gasteiger partial charge in [0.25, 0.3) is 5.91 Å². The van der Waals surface area contributed by atoms with Crippen molar-refractivity contribution in [2.45, 2.75) is 20.0 Å². The third-order valence-electron chi connectivity index (χ3n) is 4.01. The fraction of sp³-hybridized carbons (Fsp3) is 0.300. The summed E-state index contributed by atoms with van der Waals surface area (Å²) in [6.45, 7) is 3.31. The summed E-state index contributed by atoms with van der Waals surface area (Å²) in [4.78, 5) is 24.9. The van der Waals surface area contributed by atoms with Gasteiger partial charge in [-0.1, -0.05) is 17.7 Å². The van der Waals surface area contributed by atoms with Crippen LogP contribution in [0.25, 0.3) is 0 Å². The second-order valence-electron chi connectivity index (χ2n) is 5.91. The molecule has 1 atom stereocenters. The van der Waals surface area contributed by atoms with E-state index in [-0.39, 0.29) is 5.56 Å². The predicted molar refractivity (Wildman–Crippen MR) is 106 cm³/mol. The van der Waals surface area contributed by atoms with Gasteiger partial charge in [-0.3, -0.25) is 4.79 Å². The minimum atomic E-state index is -1.04. The number of amides is 1. The predicted octanol–water partition coefficient (Wildman–Crippen LogP) is 3.86. The van der Waals surface area contributed by atoms with Gasteiger partial charge in [0.2, 0.25) is 5.75 Å². The van der Waals surface area contributed by atoms with Gasteiger partial charge >= 0.3 is 5.97 Å². The summed E-state index contributed by atoms with van der Waals surface area (Å²) >= 11 is 5.96. The van der Waals surface area contributed by atoms with Gasteiger partial charge in [-0.2, -0.15) is 0 Å². The van der Waals surface area contributed by atoms with Crippen LogP contribution in [0.1, 0.15) is 22.8 Å². The van der Waals surface area contributed by atoms with Crippen LogP contribution in [0.2, 0.25) is 5.02 Å². The second kappa shape index (κ2) is 9.32. The van der Waals surface area contributed by atoms with Gasteiger partial charge in [0.15, 0.2) is 17.6 Å². The Bertz CT molecular complexity index is 858. The lowest BCUT2D eigenvalue weighted by atomic mass is 10.1. The molecule has 0 unspecified atom stereocenters. The van der Waals surface area contributed by atoms with Crippen LogP contribution >= 0.6 is 11.6 Å². The zero-order valence-electron chi connectivity index (χ0n) is 16.3. The first-order valence-electron chi connectivity index (χ1n) is 8.38. The molecule has 0 aliphatic rings. The van der Waals surface area contributed by atoms with Crippen molar-refractivity contribution in [1.82, 2.24) is 0 Å². The molecule has 2 aromatic rings. The molecular formula is C20H22ClNO6. The lowest BCUT2D eigenvalue weighted by Gasteiger charge is -2.16. The van der Waals surface area contributed by atoms with Crippen molar-refractivity contribution in [2.75, 3.05) is 26.6 Å². The summed E-state index contributed by atoms with van der Waals surface area (Å²) in [6, 6.07) is 8.04. The van der Waals surface area contributed by atoms with Crippen molar-refractivity contribution in [3.63, 3.8) is 0 Å². The van der Waals surface area contributed by atoms with Gasteiger partial charge in [0.05, 0.1) is 26.9 Å². The Morgan fingerprint density at radius 1 is 1.00 bits per heavy atom. The van der Waals surface area contributed by atoms with Gasteiger partial charge in [-0.15, -0.1) is 0 Å². The number of ether oxygens (including phenoxy) is 4. The van der Waals surface area contributed by atoms with Crippen molar-refractivity contribution in [1.29, 1.82) is 0 Å². The van der Waals surface area contributed by atoms with E-state index in [1.54, 1.807) is 18.2 Å². The maximum atomic E-state index is 12.5. The highest BCUT2D eigenvalue weighted by molar-refractivity contribution is 6.31. The summed E-state index contributed by atoms with van der Waals surface area (Å²) in [5, 5.41) is 3.19. The molecule has 1 amide bonds. The highest BCUT2D eigenvalue weighted by Gasteiger charge is 2.22. The van der Waals surface area contributed by atoms with Crippen molar-refractivity contribution < 1.29 is 28.5 Å². The summed E-state index contributed by atoms with van der Waals surface area (Å²) in [5.41, 5.74) is 1.54. The Kier molecular flexibility index (Phi) is 7.12. The van der Waals surface area contributed by atoms with Crippen LogP contribution in [-0.4, -0.2) is 39.3 Å². The van der Waals surface area contributed by atoms with Gasteiger partial charge in [0.1, 0.15) is 0 Å². The standard InChI is InChI=1S/C20H22ClNO6/c1-11-6-7-14(21)10-15(11)22-19(23)12(2)28-20(24)13-8-16(25-3)18(27-5)17(9-13)26-4/h6-10,12H,1-5H3,(H,22,23)/t12-/m0/s1. The first-order valence-corrected chi connectivity index (χ1v) is 8.76. The average Bonchev–Trinajstić information content (AvgIpc) is 2.69. The fourth-order valence-corrected chi connectivity index (χ4v) is 2.62. The van der Waals surface area contributed by atoms with E-state index in [1.807, 2.05) is 6.92 Å². The number of carbonyl (C=O) groups is 2. The molecule has 0 aliphatic carbocycles. The molecule has 0 fully saturated rings. The van der Waals surface area contributed by atoms with Gasteiger partial charge < -0.3 is 24.3 Å². The van der Waals surface area contributed by atoms with Crippen LogP contribution < -0.4 is 19.5 Å². The number of hydrogen-bond acceptors (Lipinski definition) is 6. The van der Waals surface area contributed by atoms with E-state index in [4.69, 9.17) is 30.5 Å². The number of benzene rings is 2. The van der Waals surface area contributed by atoms with Crippen LogP contribution in [0.15, 0.2) is 30.3 Å². The number of rotatable bonds is 7. The number of methoxy groups -OCH3 is 3. The molecule has 0 aromatic heterocycles. The maximum Gasteiger partial charge on any atom is 0.339 e. The van der Waals surface area contributed by atoms with Gasteiger partial charge in [-0.25, -0.2) is 4.79 Å². The van der Waals surface area contributed by atoms with Crippen LogP contribution in [-0.2, 0) is 9.53 Å². The van der Waals surface area contributed by atoms with Crippen molar-refractivity contribution in [3.8, 4) is 17.2 Å². The number of nitrogens with one attached hydrogen (secondary N) is 1. The molecule has 0 heterocycles. The summed E-state index contributed by atoms with van der Waals surface area (Å²) in [5.74, 6) is -0.222. The molecule has 0 saturated carbocycles. The van der Waals surface area contributed by atoms with E-state index < -0.39 is 18.0 Å². The molecule has 0 bridgehead atoms. The molecule has 0 saturated heterocycles. The number of halogens is 1. The number of aryl methyl sites for hydroxylation is 1. The van der Waals surface area contributed by atoms with Crippen molar-refractivity contribution in [2.24, 2.45) is 0 Å². The molecule has 7 nitrogen and oxygen atoms in total. The Morgan fingerprint density at radius 3 is 2.14 bits per heavy atom. The molecule has 0 spiro atoms. The second-order valence-corrected chi connectivity index (χ2v) is 6.35. The zero-order chi connectivity index (χ0) is 20.8. The van der Waals surface area contributed by atoms with E-state index in [0.717, 1.165) is 5.56 Å². The Labute approximate surface area is 168 Å². The smallest absolute Gasteiger partial charge is 0.339 e. The third-order valence-corrected chi connectivity index (χ3v) is 4.25. The van der Waals surface area contributed by atoms with E-state index in [2.05, 4.69) is 5.32 Å². The minimum absolute atomic E-state index is 0.160. The topological polar surface area (TPSA) is 83.1 Å². The van der Waals surface area contributed by atoms with Crippen LogP contribution in [0.5, 0.6) is 17.2 Å². The average molecular weight is 408 g/mol. The van der Waals surface area contributed by atoms with E-state index in [0.29, 0.717) is 28.0 Å². The number of hydrogen-bond donors (Lipinski definition) is 1. The number of esters is 1. The monoisotopic (exact) mass is 407 g/mol. The number of anilines is 1. The largest absolute Gasteiger partial charge is 0.493 e. The maximum absolute atomic E-state index is 12.5. The minimum Gasteiger partial charge on any atom is -0.493 e. The zero-order valence-corrected chi connectivity index (χ0v) is 17.0. The lowest BCUT2D eigenvalue weighted by molar-refractivity contribution is -0.123. The first-order chi connectivity index (χ1) is 13.3. The Balaban J connectivity index is 2.15. The lowest BCUT2D eigenvalue weighted by Crippen LogP contribution is -2.30. The van der Waals surface area contributed by atoms with E-state index in [9.17, 15) is 9.59 Å². The van der Waals surface area contributed by atoms with Crippen LogP contribution in [0, 0.1) is 6.92 Å². The molecule has 150 valence electrons.